The van der Waals surface area contributed by atoms with E-state index in [-0.39, 0.29) is 11.5 Å². The number of fused-ring (bicyclic) bond motifs is 1. The Labute approximate surface area is 242 Å². The van der Waals surface area contributed by atoms with Crippen LogP contribution in [0.4, 0.5) is 0 Å². The normalized spacial score (nSPS) is 15.0. The SMILES string of the molecule is CCN(CC)C(=O)C1=C(C)N=c2s/c(=C/c3ccc(OCc4ccccc4)cc3)c(=O)n2[C@@H]1c1ccc(Cl)cc1. The standard InChI is InChI=1S/C32H30ClN3O3S/c1-4-35(5-2)31(38)28-21(3)34-32-36(29(28)24-13-15-25(33)16-14-24)30(37)27(40-32)19-22-11-17-26(18-12-22)39-20-23-9-7-6-8-10-23/h6-19,29H,4-5,20H2,1-3H3/b27-19+/t29-/m1/s1. The lowest BCUT2D eigenvalue weighted by molar-refractivity contribution is -0.127. The summed E-state index contributed by atoms with van der Waals surface area (Å²) in [6.45, 7) is 7.34. The summed E-state index contributed by atoms with van der Waals surface area (Å²) in [5.74, 6) is 0.631. The topological polar surface area (TPSA) is 63.9 Å². The number of hydrogen-bond donors (Lipinski definition) is 0. The van der Waals surface area contributed by atoms with Crippen LogP contribution in [0, 0.1) is 0 Å². The summed E-state index contributed by atoms with van der Waals surface area (Å²) in [5.41, 5.74) is 3.70. The first kappa shape index (κ1) is 27.6. The maximum atomic E-state index is 13.9. The second-order valence-electron chi connectivity index (χ2n) is 9.45. The molecule has 1 atom stereocenters. The molecule has 0 radical (unpaired) electrons. The highest BCUT2D eigenvalue weighted by atomic mass is 35.5. The van der Waals surface area contributed by atoms with Crippen molar-refractivity contribution in [2.24, 2.45) is 4.99 Å². The first-order valence-corrected chi connectivity index (χ1v) is 14.4. The van der Waals surface area contributed by atoms with Gasteiger partial charge >= 0.3 is 0 Å². The van der Waals surface area contributed by atoms with E-state index < -0.39 is 6.04 Å². The molecule has 4 aromatic rings. The largest absolute Gasteiger partial charge is 0.489 e. The molecule has 0 bridgehead atoms. The first-order valence-electron chi connectivity index (χ1n) is 13.2. The fourth-order valence-corrected chi connectivity index (χ4v) is 5.96. The van der Waals surface area contributed by atoms with Crippen molar-refractivity contribution in [3.8, 4) is 5.75 Å². The summed E-state index contributed by atoms with van der Waals surface area (Å²) < 4.78 is 8.08. The van der Waals surface area contributed by atoms with Crippen LogP contribution in [-0.2, 0) is 11.4 Å². The van der Waals surface area contributed by atoms with Gasteiger partial charge in [-0.2, -0.15) is 0 Å². The minimum Gasteiger partial charge on any atom is -0.489 e. The quantitative estimate of drug-likeness (QED) is 0.287. The van der Waals surface area contributed by atoms with Crippen molar-refractivity contribution in [1.29, 1.82) is 0 Å². The van der Waals surface area contributed by atoms with Crippen molar-refractivity contribution >= 4 is 34.9 Å². The molecule has 0 N–H and O–H groups in total. The Morgan fingerprint density at radius 1 is 1.02 bits per heavy atom. The third kappa shape index (κ3) is 5.67. The van der Waals surface area contributed by atoms with Crippen LogP contribution >= 0.6 is 22.9 Å². The predicted molar refractivity (Wildman–Crippen MR) is 160 cm³/mol. The maximum absolute atomic E-state index is 13.9. The monoisotopic (exact) mass is 571 g/mol. The van der Waals surface area contributed by atoms with Gasteiger partial charge in [0.2, 0.25) is 0 Å². The minimum absolute atomic E-state index is 0.119. The van der Waals surface area contributed by atoms with E-state index in [0.717, 1.165) is 22.4 Å². The molecule has 1 aliphatic rings. The van der Waals surface area contributed by atoms with E-state index in [1.165, 1.54) is 11.3 Å². The van der Waals surface area contributed by atoms with E-state index in [4.69, 9.17) is 21.3 Å². The van der Waals surface area contributed by atoms with Crippen LogP contribution in [0.3, 0.4) is 0 Å². The van der Waals surface area contributed by atoms with Gasteiger partial charge in [-0.25, -0.2) is 4.99 Å². The van der Waals surface area contributed by atoms with E-state index in [9.17, 15) is 9.59 Å². The molecule has 204 valence electrons. The van der Waals surface area contributed by atoms with Gasteiger partial charge < -0.3 is 9.64 Å². The summed E-state index contributed by atoms with van der Waals surface area (Å²) in [5, 5.41) is 0.588. The Bertz CT molecular complexity index is 1720. The number of nitrogens with zero attached hydrogens (tertiary/aromatic N) is 3. The Morgan fingerprint density at radius 3 is 2.35 bits per heavy atom. The number of benzene rings is 3. The van der Waals surface area contributed by atoms with Crippen LogP contribution < -0.4 is 19.6 Å². The lowest BCUT2D eigenvalue weighted by Gasteiger charge is -2.29. The number of carbonyl (C=O) groups excluding carboxylic acids is 1. The smallest absolute Gasteiger partial charge is 0.271 e. The molecule has 8 heteroatoms. The third-order valence-electron chi connectivity index (χ3n) is 6.91. The third-order valence-corrected chi connectivity index (χ3v) is 8.15. The van der Waals surface area contributed by atoms with Gasteiger partial charge in [-0.1, -0.05) is 77.5 Å². The van der Waals surface area contributed by atoms with Crippen molar-refractivity contribution in [2.45, 2.75) is 33.4 Å². The summed E-state index contributed by atoms with van der Waals surface area (Å²) in [6.07, 6.45) is 1.86. The van der Waals surface area contributed by atoms with Crippen LogP contribution in [-0.4, -0.2) is 28.5 Å². The molecule has 6 nitrogen and oxygen atoms in total. The van der Waals surface area contributed by atoms with Gasteiger partial charge in [-0.05, 0) is 67.8 Å². The number of carbonyl (C=O) groups is 1. The van der Waals surface area contributed by atoms with Gasteiger partial charge in [0.1, 0.15) is 12.4 Å². The number of rotatable bonds is 8. The lowest BCUT2D eigenvalue weighted by atomic mass is 9.94. The van der Waals surface area contributed by atoms with Crippen LogP contribution in [0.25, 0.3) is 6.08 Å². The van der Waals surface area contributed by atoms with Gasteiger partial charge in [0.25, 0.3) is 11.5 Å². The highest BCUT2D eigenvalue weighted by Gasteiger charge is 2.34. The zero-order valence-electron chi connectivity index (χ0n) is 22.6. The number of halogens is 1. The van der Waals surface area contributed by atoms with E-state index >= 15 is 0 Å². The van der Waals surface area contributed by atoms with Crippen LogP contribution in [0.5, 0.6) is 5.75 Å². The van der Waals surface area contributed by atoms with Crippen molar-refractivity contribution < 1.29 is 9.53 Å². The maximum Gasteiger partial charge on any atom is 0.271 e. The molecule has 3 aromatic carbocycles. The van der Waals surface area contributed by atoms with E-state index in [0.29, 0.717) is 45.3 Å². The molecule has 5 rings (SSSR count). The van der Waals surface area contributed by atoms with Gasteiger partial charge in [0.05, 0.1) is 21.8 Å². The molecular formula is C32H30ClN3O3S. The number of allylic oxidation sites excluding steroid dienone is 1. The number of hydrogen-bond acceptors (Lipinski definition) is 5. The zero-order chi connectivity index (χ0) is 28.2. The lowest BCUT2D eigenvalue weighted by Crippen LogP contribution is -2.43. The van der Waals surface area contributed by atoms with E-state index in [1.807, 2.05) is 93.6 Å². The van der Waals surface area contributed by atoms with Crippen molar-refractivity contribution in [3.63, 3.8) is 0 Å². The second kappa shape index (κ2) is 12.1. The number of ether oxygens (including phenoxy) is 1. The molecule has 0 spiro atoms. The summed E-state index contributed by atoms with van der Waals surface area (Å²) in [6, 6.07) is 24.3. The fraction of sp³-hybridized carbons (Fsp3) is 0.219. The Balaban J connectivity index is 1.52. The summed E-state index contributed by atoms with van der Waals surface area (Å²) in [7, 11) is 0. The molecular weight excluding hydrogens is 542 g/mol. The van der Waals surface area contributed by atoms with Crippen LogP contribution in [0.15, 0.2) is 99.9 Å². The Kier molecular flexibility index (Phi) is 8.33. The van der Waals surface area contributed by atoms with Gasteiger partial charge in [-0.15, -0.1) is 0 Å². The summed E-state index contributed by atoms with van der Waals surface area (Å²) in [4.78, 5) is 34.6. The minimum atomic E-state index is -0.600. The van der Waals surface area contributed by atoms with Crippen molar-refractivity contribution in [3.05, 3.63) is 132 Å². The second-order valence-corrected chi connectivity index (χ2v) is 10.9. The Morgan fingerprint density at radius 2 is 1.70 bits per heavy atom. The molecule has 0 saturated heterocycles. The molecule has 2 heterocycles. The fourth-order valence-electron chi connectivity index (χ4n) is 4.79. The molecule has 0 aliphatic carbocycles. The number of aromatic nitrogens is 1. The Hall–Kier alpha value is -3.94. The average Bonchev–Trinajstić information content (AvgIpc) is 3.27. The van der Waals surface area contributed by atoms with E-state index in [2.05, 4.69) is 0 Å². The molecule has 1 amide bonds. The van der Waals surface area contributed by atoms with Crippen molar-refractivity contribution in [2.75, 3.05) is 13.1 Å². The molecule has 40 heavy (non-hydrogen) atoms. The first-order chi connectivity index (χ1) is 19.4. The van der Waals surface area contributed by atoms with Gasteiger partial charge in [0.15, 0.2) is 4.80 Å². The van der Waals surface area contributed by atoms with Gasteiger partial charge in [-0.3, -0.25) is 14.2 Å². The molecule has 0 fully saturated rings. The molecule has 1 aliphatic heterocycles. The molecule has 1 aromatic heterocycles. The van der Waals surface area contributed by atoms with E-state index in [1.54, 1.807) is 21.6 Å². The number of thiazole rings is 1. The summed E-state index contributed by atoms with van der Waals surface area (Å²) >= 11 is 7.49. The van der Waals surface area contributed by atoms with Crippen LogP contribution in [0.1, 0.15) is 43.5 Å². The number of likely N-dealkylation sites (N-methyl/N-ethyl adjacent to an activating group) is 1. The predicted octanol–water partition coefficient (Wildman–Crippen LogP) is 5.34. The zero-order valence-corrected chi connectivity index (χ0v) is 24.2. The van der Waals surface area contributed by atoms with Crippen molar-refractivity contribution in [1.82, 2.24) is 9.47 Å². The highest BCUT2D eigenvalue weighted by molar-refractivity contribution is 7.07. The highest BCUT2D eigenvalue weighted by Crippen LogP contribution is 2.31. The average molecular weight is 572 g/mol. The number of amides is 1. The van der Waals surface area contributed by atoms with Crippen LogP contribution in [0.2, 0.25) is 5.02 Å². The van der Waals surface area contributed by atoms with Gasteiger partial charge in [0, 0.05) is 18.1 Å². The molecule has 0 unspecified atom stereocenters. The molecule has 0 saturated carbocycles.